The van der Waals surface area contributed by atoms with Gasteiger partial charge in [0.25, 0.3) is 0 Å². The molecule has 25 heavy (non-hydrogen) atoms. The number of carbonyl (C=O) groups excluding carboxylic acids is 2. The molecule has 0 bridgehead atoms. The molecule has 2 fully saturated rings. The average molecular weight is 352 g/mol. The lowest BCUT2D eigenvalue weighted by Crippen LogP contribution is -2.55. The molecule has 7 nitrogen and oxygen atoms in total. The highest BCUT2D eigenvalue weighted by atomic mass is 16.6. The molecule has 2 rings (SSSR count). The van der Waals surface area contributed by atoms with Gasteiger partial charge in [0.15, 0.2) is 0 Å². The highest BCUT2D eigenvalue weighted by Gasteiger charge is 2.44. The number of rotatable bonds is 2. The van der Waals surface area contributed by atoms with E-state index in [-0.39, 0.29) is 11.9 Å². The van der Waals surface area contributed by atoms with Gasteiger partial charge in [0, 0.05) is 6.04 Å². The van der Waals surface area contributed by atoms with E-state index in [4.69, 9.17) is 4.74 Å². The third kappa shape index (κ3) is 4.74. The molecule has 2 aliphatic rings. The molecule has 0 saturated carbocycles. The molecule has 0 aromatic rings. The minimum atomic E-state index is -0.991. The first-order valence-electron chi connectivity index (χ1n) is 8.81. The second-order valence-corrected chi connectivity index (χ2v) is 7.72. The van der Waals surface area contributed by atoms with E-state index >= 15 is 0 Å². The predicted octanol–water partition coefficient (Wildman–Crippen LogP) is 2.45. The van der Waals surface area contributed by atoms with E-state index in [1.54, 1.807) is 20.8 Å². The number of amides is 2. The summed E-state index contributed by atoms with van der Waals surface area (Å²) in [5, 5.41) is 12.1. The number of fused-ring (bicyclic) bond motifs is 1. The third-order valence-electron chi connectivity index (χ3n) is 4.69. The Labute approximate surface area is 148 Å². The van der Waals surface area contributed by atoms with Crippen molar-refractivity contribution >= 4 is 18.0 Å². The number of ether oxygens (including phenoxy) is 1. The number of aliphatic carboxylic acids is 1. The van der Waals surface area contributed by atoms with Gasteiger partial charge < -0.3 is 20.1 Å². The molecule has 3 atom stereocenters. The summed E-state index contributed by atoms with van der Waals surface area (Å²) in [4.78, 5) is 38.1. The molecule has 2 N–H and O–H groups in total. The maximum Gasteiger partial charge on any atom is 0.408 e. The minimum absolute atomic E-state index is 0.122. The van der Waals surface area contributed by atoms with Crippen LogP contribution in [0.3, 0.4) is 0 Å². The standard InChI is InChI=1S/C18H28N2O5/c1-5-11-6-8-13(19-17(24)25-18(2,3)4)15(21)20-12(10-11)7-9-14(20)16(22)23/h5,12-14H,6-10H2,1-4H3,(H,19,24)(H,22,23)/t12-,13+,14+/m1/s1. The highest BCUT2D eigenvalue weighted by molar-refractivity contribution is 5.90. The number of nitrogens with one attached hydrogen (secondary N) is 1. The SMILES string of the molecule is CC=C1CC[C@H](NC(=O)OC(C)(C)C)C(=O)N2[C@H](CC[C@H]2C(=O)O)C1. The van der Waals surface area contributed by atoms with E-state index in [0.29, 0.717) is 32.1 Å². The number of carboxylic acid groups (broad SMARTS) is 1. The van der Waals surface area contributed by atoms with Crippen molar-refractivity contribution in [1.82, 2.24) is 10.2 Å². The van der Waals surface area contributed by atoms with Crippen LogP contribution < -0.4 is 5.32 Å². The molecular formula is C18H28N2O5. The van der Waals surface area contributed by atoms with E-state index in [1.165, 1.54) is 10.5 Å². The zero-order valence-electron chi connectivity index (χ0n) is 15.4. The summed E-state index contributed by atoms with van der Waals surface area (Å²) in [7, 11) is 0. The van der Waals surface area contributed by atoms with E-state index in [0.717, 1.165) is 0 Å². The Balaban J connectivity index is 2.22. The quantitative estimate of drug-likeness (QED) is 0.744. The Kier molecular flexibility index (Phi) is 5.75. The number of hydrogen-bond acceptors (Lipinski definition) is 4. The van der Waals surface area contributed by atoms with Crippen LogP contribution in [0, 0.1) is 0 Å². The number of hydrogen-bond donors (Lipinski definition) is 2. The van der Waals surface area contributed by atoms with Crippen LogP contribution in [-0.4, -0.2) is 51.7 Å². The van der Waals surface area contributed by atoms with Gasteiger partial charge in [-0.2, -0.15) is 0 Å². The average Bonchev–Trinajstić information content (AvgIpc) is 2.89. The molecule has 0 spiro atoms. The molecule has 0 radical (unpaired) electrons. The molecule has 2 aliphatic heterocycles. The summed E-state index contributed by atoms with van der Waals surface area (Å²) in [6, 6.07) is -1.72. The van der Waals surface area contributed by atoms with Crippen LogP contribution in [0.1, 0.15) is 59.8 Å². The van der Waals surface area contributed by atoms with Crippen molar-refractivity contribution in [3.8, 4) is 0 Å². The summed E-state index contributed by atoms with van der Waals surface area (Å²) in [5.74, 6) is -1.31. The van der Waals surface area contributed by atoms with E-state index in [2.05, 4.69) is 5.32 Å². The first-order valence-corrected chi connectivity index (χ1v) is 8.81. The zero-order valence-corrected chi connectivity index (χ0v) is 15.4. The highest BCUT2D eigenvalue weighted by Crippen LogP contribution is 2.33. The van der Waals surface area contributed by atoms with Crippen molar-refractivity contribution in [2.75, 3.05) is 0 Å². The minimum Gasteiger partial charge on any atom is -0.480 e. The third-order valence-corrected chi connectivity index (χ3v) is 4.69. The Morgan fingerprint density at radius 3 is 2.52 bits per heavy atom. The van der Waals surface area contributed by atoms with Crippen LogP contribution in [-0.2, 0) is 14.3 Å². The van der Waals surface area contributed by atoms with Gasteiger partial charge in [-0.1, -0.05) is 11.6 Å². The second kappa shape index (κ2) is 7.45. The number of carbonyl (C=O) groups is 3. The van der Waals surface area contributed by atoms with Gasteiger partial charge >= 0.3 is 12.1 Å². The summed E-state index contributed by atoms with van der Waals surface area (Å²) in [5.41, 5.74) is 0.521. The molecule has 0 aromatic carbocycles. The van der Waals surface area contributed by atoms with Crippen LogP contribution in [0.15, 0.2) is 11.6 Å². The van der Waals surface area contributed by atoms with Crippen molar-refractivity contribution in [3.05, 3.63) is 11.6 Å². The lowest BCUT2D eigenvalue weighted by atomic mass is 9.94. The Bertz CT molecular complexity index is 579. The molecule has 7 heteroatoms. The zero-order chi connectivity index (χ0) is 18.8. The number of alkyl carbamates (subject to hydrolysis) is 1. The number of nitrogens with zero attached hydrogens (tertiary/aromatic N) is 1. The Morgan fingerprint density at radius 1 is 1.28 bits per heavy atom. The molecule has 2 saturated heterocycles. The molecule has 2 heterocycles. The van der Waals surface area contributed by atoms with Gasteiger partial charge in [-0.25, -0.2) is 9.59 Å². The van der Waals surface area contributed by atoms with Gasteiger partial charge in [0.2, 0.25) is 5.91 Å². The fourth-order valence-electron chi connectivity index (χ4n) is 3.54. The monoisotopic (exact) mass is 352 g/mol. The largest absolute Gasteiger partial charge is 0.480 e. The van der Waals surface area contributed by atoms with Crippen LogP contribution in [0.2, 0.25) is 0 Å². The molecule has 0 unspecified atom stereocenters. The Morgan fingerprint density at radius 2 is 1.96 bits per heavy atom. The maximum atomic E-state index is 13.0. The molecule has 0 aliphatic carbocycles. The van der Waals surface area contributed by atoms with E-state index in [9.17, 15) is 19.5 Å². The first kappa shape index (κ1) is 19.3. The lowest BCUT2D eigenvalue weighted by molar-refractivity contribution is -0.150. The van der Waals surface area contributed by atoms with Gasteiger partial charge in [0.05, 0.1) is 0 Å². The van der Waals surface area contributed by atoms with Crippen LogP contribution in [0.4, 0.5) is 4.79 Å². The summed E-state index contributed by atoms with van der Waals surface area (Å²) in [6.45, 7) is 7.20. The molecule has 0 aromatic heterocycles. The second-order valence-electron chi connectivity index (χ2n) is 7.72. The molecular weight excluding hydrogens is 324 g/mol. The lowest BCUT2D eigenvalue weighted by Gasteiger charge is -2.35. The molecule has 2 amide bonds. The number of allylic oxidation sites excluding steroid dienone is 1. The van der Waals surface area contributed by atoms with Crippen molar-refractivity contribution in [3.63, 3.8) is 0 Å². The number of carboxylic acids is 1. The normalized spacial score (nSPS) is 29.0. The van der Waals surface area contributed by atoms with Gasteiger partial charge in [-0.05, 0) is 59.8 Å². The van der Waals surface area contributed by atoms with Gasteiger partial charge in [-0.3, -0.25) is 4.79 Å². The van der Waals surface area contributed by atoms with Crippen molar-refractivity contribution in [2.45, 2.75) is 83.5 Å². The van der Waals surface area contributed by atoms with Crippen molar-refractivity contribution in [1.29, 1.82) is 0 Å². The predicted molar refractivity (Wildman–Crippen MR) is 92.1 cm³/mol. The first-order chi connectivity index (χ1) is 11.6. The van der Waals surface area contributed by atoms with Crippen LogP contribution >= 0.6 is 0 Å². The van der Waals surface area contributed by atoms with E-state index < -0.39 is 29.7 Å². The van der Waals surface area contributed by atoms with Gasteiger partial charge in [0.1, 0.15) is 17.7 Å². The van der Waals surface area contributed by atoms with Crippen LogP contribution in [0.25, 0.3) is 0 Å². The van der Waals surface area contributed by atoms with Crippen molar-refractivity contribution in [2.24, 2.45) is 0 Å². The van der Waals surface area contributed by atoms with Gasteiger partial charge in [-0.15, -0.1) is 0 Å². The molecule has 140 valence electrons. The smallest absolute Gasteiger partial charge is 0.408 e. The summed E-state index contributed by atoms with van der Waals surface area (Å²) in [6.07, 6.45) is 4.31. The summed E-state index contributed by atoms with van der Waals surface area (Å²) >= 11 is 0. The van der Waals surface area contributed by atoms with Crippen molar-refractivity contribution < 1.29 is 24.2 Å². The maximum absolute atomic E-state index is 13.0. The topological polar surface area (TPSA) is 95.9 Å². The summed E-state index contributed by atoms with van der Waals surface area (Å²) < 4.78 is 5.25. The van der Waals surface area contributed by atoms with Crippen LogP contribution in [0.5, 0.6) is 0 Å². The fourth-order valence-corrected chi connectivity index (χ4v) is 3.54. The fraction of sp³-hybridized carbons (Fsp3) is 0.722. The van der Waals surface area contributed by atoms with E-state index in [1.807, 2.05) is 13.0 Å². The Hall–Kier alpha value is -2.05.